The molecule has 1 aromatic carbocycles. The number of hydrogen-bond donors (Lipinski definition) is 2. The first-order valence-corrected chi connectivity index (χ1v) is 7.74. The molecule has 0 heterocycles. The van der Waals surface area contributed by atoms with Crippen LogP contribution in [-0.2, 0) is 9.59 Å². The number of benzene rings is 1. The van der Waals surface area contributed by atoms with E-state index in [4.69, 9.17) is 0 Å². The van der Waals surface area contributed by atoms with Crippen LogP contribution in [0.3, 0.4) is 0 Å². The molecule has 8 heteroatoms. The van der Waals surface area contributed by atoms with Crippen molar-refractivity contribution >= 4 is 17.5 Å². The second-order valence-electron chi connectivity index (χ2n) is 5.75. The van der Waals surface area contributed by atoms with Crippen molar-refractivity contribution in [3.05, 3.63) is 29.6 Å². The molecule has 0 aliphatic rings. The third-order valence-electron chi connectivity index (χ3n) is 3.50. The van der Waals surface area contributed by atoms with Gasteiger partial charge in [-0.25, -0.2) is 13.2 Å². The SMILES string of the molecule is CCCCN(C)C(=O)C[NH+](C)CC(=O)Nc1ccc(F)c(F)c1F. The van der Waals surface area contributed by atoms with Crippen LogP contribution in [0.4, 0.5) is 18.9 Å². The molecule has 0 saturated carbocycles. The maximum absolute atomic E-state index is 13.5. The Labute approximate surface area is 139 Å². The molecule has 2 amide bonds. The third kappa shape index (κ3) is 5.84. The van der Waals surface area contributed by atoms with Gasteiger partial charge in [0, 0.05) is 13.6 Å². The van der Waals surface area contributed by atoms with Crippen LogP contribution in [0.15, 0.2) is 12.1 Å². The normalized spacial score (nSPS) is 11.9. The molecule has 0 radical (unpaired) electrons. The van der Waals surface area contributed by atoms with Crippen LogP contribution < -0.4 is 10.2 Å². The fourth-order valence-corrected chi connectivity index (χ4v) is 2.07. The number of anilines is 1. The number of nitrogens with one attached hydrogen (secondary N) is 2. The van der Waals surface area contributed by atoms with Crippen molar-refractivity contribution in [2.24, 2.45) is 0 Å². The average molecular weight is 346 g/mol. The van der Waals surface area contributed by atoms with Gasteiger partial charge in [0.15, 0.2) is 30.5 Å². The molecule has 24 heavy (non-hydrogen) atoms. The summed E-state index contributed by atoms with van der Waals surface area (Å²) in [6, 6.07) is 1.68. The first kappa shape index (κ1) is 20.0. The number of amides is 2. The Morgan fingerprint density at radius 3 is 2.46 bits per heavy atom. The van der Waals surface area contributed by atoms with Gasteiger partial charge in [0.25, 0.3) is 11.8 Å². The lowest BCUT2D eigenvalue weighted by atomic mass is 10.2. The van der Waals surface area contributed by atoms with Gasteiger partial charge in [0.05, 0.1) is 12.7 Å². The van der Waals surface area contributed by atoms with Crippen molar-refractivity contribution in [1.82, 2.24) is 4.90 Å². The highest BCUT2D eigenvalue weighted by Gasteiger charge is 2.19. The fraction of sp³-hybridized carbons (Fsp3) is 0.500. The molecule has 1 rings (SSSR count). The third-order valence-corrected chi connectivity index (χ3v) is 3.50. The Morgan fingerprint density at radius 1 is 1.17 bits per heavy atom. The first-order valence-electron chi connectivity index (χ1n) is 7.74. The van der Waals surface area contributed by atoms with Crippen molar-refractivity contribution in [2.75, 3.05) is 39.0 Å². The number of carbonyl (C=O) groups excluding carboxylic acids is 2. The van der Waals surface area contributed by atoms with E-state index in [-0.39, 0.29) is 19.0 Å². The van der Waals surface area contributed by atoms with Crippen molar-refractivity contribution in [2.45, 2.75) is 19.8 Å². The number of hydrogen-bond acceptors (Lipinski definition) is 2. The molecular weight excluding hydrogens is 323 g/mol. The zero-order valence-corrected chi connectivity index (χ0v) is 14.1. The van der Waals surface area contributed by atoms with E-state index < -0.39 is 29.0 Å². The number of nitrogens with zero attached hydrogens (tertiary/aromatic N) is 1. The summed E-state index contributed by atoms with van der Waals surface area (Å²) in [5, 5.41) is 2.18. The van der Waals surface area contributed by atoms with Crippen molar-refractivity contribution in [3.8, 4) is 0 Å². The van der Waals surface area contributed by atoms with Crippen LogP contribution in [-0.4, -0.2) is 50.4 Å². The lowest BCUT2D eigenvalue weighted by Gasteiger charge is -2.19. The van der Waals surface area contributed by atoms with E-state index in [0.29, 0.717) is 11.4 Å². The van der Waals surface area contributed by atoms with Gasteiger partial charge in [-0.1, -0.05) is 13.3 Å². The van der Waals surface area contributed by atoms with Gasteiger partial charge in [-0.05, 0) is 18.6 Å². The fourth-order valence-electron chi connectivity index (χ4n) is 2.07. The Kier molecular flexibility index (Phi) is 7.70. The number of carbonyl (C=O) groups is 2. The lowest BCUT2D eigenvalue weighted by Crippen LogP contribution is -3.11. The Bertz CT molecular complexity index is 596. The van der Waals surface area contributed by atoms with Crippen LogP contribution >= 0.6 is 0 Å². The minimum absolute atomic E-state index is 0.104. The minimum atomic E-state index is -1.64. The van der Waals surface area contributed by atoms with Crippen molar-refractivity contribution in [1.29, 1.82) is 0 Å². The average Bonchev–Trinajstić information content (AvgIpc) is 2.52. The highest BCUT2D eigenvalue weighted by atomic mass is 19.2. The molecule has 2 N–H and O–H groups in total. The van der Waals surface area contributed by atoms with Gasteiger partial charge in [-0.15, -0.1) is 0 Å². The second-order valence-corrected chi connectivity index (χ2v) is 5.75. The van der Waals surface area contributed by atoms with Crippen molar-refractivity contribution in [3.63, 3.8) is 0 Å². The van der Waals surface area contributed by atoms with E-state index in [9.17, 15) is 22.8 Å². The molecule has 1 aromatic rings. The monoisotopic (exact) mass is 346 g/mol. The summed E-state index contributed by atoms with van der Waals surface area (Å²) in [5.41, 5.74) is -0.432. The number of unbranched alkanes of at least 4 members (excludes halogenated alkanes) is 1. The van der Waals surface area contributed by atoms with Crippen LogP contribution in [0.1, 0.15) is 19.8 Å². The van der Waals surface area contributed by atoms with Gasteiger partial charge in [0.1, 0.15) is 0 Å². The van der Waals surface area contributed by atoms with E-state index in [1.165, 1.54) is 0 Å². The number of quaternary nitrogens is 1. The van der Waals surface area contributed by atoms with Crippen LogP contribution in [0, 0.1) is 17.5 Å². The smallest absolute Gasteiger partial charge is 0.279 e. The minimum Gasteiger partial charge on any atom is -0.341 e. The molecule has 0 aliphatic heterocycles. The summed E-state index contributed by atoms with van der Waals surface area (Å²) in [5.74, 6) is -5.11. The Morgan fingerprint density at radius 2 is 1.83 bits per heavy atom. The predicted molar refractivity (Wildman–Crippen MR) is 84.1 cm³/mol. The molecule has 0 aliphatic carbocycles. The van der Waals surface area contributed by atoms with E-state index in [0.717, 1.165) is 25.0 Å². The number of rotatable bonds is 8. The zero-order valence-electron chi connectivity index (χ0n) is 14.1. The molecule has 0 bridgehead atoms. The van der Waals surface area contributed by atoms with E-state index in [1.54, 1.807) is 19.0 Å². The maximum atomic E-state index is 13.5. The summed E-state index contributed by atoms with van der Waals surface area (Å²) >= 11 is 0. The van der Waals surface area contributed by atoms with Crippen LogP contribution in [0.5, 0.6) is 0 Å². The molecule has 5 nitrogen and oxygen atoms in total. The van der Waals surface area contributed by atoms with E-state index in [2.05, 4.69) is 5.32 Å². The van der Waals surface area contributed by atoms with Crippen molar-refractivity contribution < 1.29 is 27.7 Å². The largest absolute Gasteiger partial charge is 0.341 e. The number of likely N-dealkylation sites (N-methyl/N-ethyl adjacent to an activating group) is 2. The van der Waals surface area contributed by atoms with Crippen LogP contribution in [0.25, 0.3) is 0 Å². The lowest BCUT2D eigenvalue weighted by molar-refractivity contribution is -0.862. The first-order chi connectivity index (χ1) is 11.3. The molecule has 0 saturated heterocycles. The molecule has 0 spiro atoms. The van der Waals surface area contributed by atoms with Gasteiger partial charge in [-0.2, -0.15) is 0 Å². The summed E-state index contributed by atoms with van der Waals surface area (Å²) in [7, 11) is 3.34. The molecular formula is C16H23F3N3O2+. The zero-order chi connectivity index (χ0) is 18.3. The van der Waals surface area contributed by atoms with Gasteiger partial charge in [0.2, 0.25) is 0 Å². The summed E-state index contributed by atoms with van der Waals surface area (Å²) in [4.78, 5) is 26.0. The molecule has 134 valence electrons. The molecule has 1 atom stereocenters. The van der Waals surface area contributed by atoms with Gasteiger partial charge >= 0.3 is 0 Å². The summed E-state index contributed by atoms with van der Waals surface area (Å²) in [6.45, 7) is 2.67. The molecule has 0 fully saturated rings. The van der Waals surface area contributed by atoms with Gasteiger partial charge < -0.3 is 15.1 Å². The van der Waals surface area contributed by atoms with Gasteiger partial charge in [-0.3, -0.25) is 9.59 Å². The summed E-state index contributed by atoms with van der Waals surface area (Å²) < 4.78 is 39.4. The highest BCUT2D eigenvalue weighted by Crippen LogP contribution is 2.19. The second kappa shape index (κ2) is 9.27. The van der Waals surface area contributed by atoms with Crippen LogP contribution in [0.2, 0.25) is 0 Å². The van der Waals surface area contributed by atoms with E-state index >= 15 is 0 Å². The quantitative estimate of drug-likeness (QED) is 0.685. The van der Waals surface area contributed by atoms with E-state index in [1.807, 2.05) is 6.92 Å². The molecule has 0 aromatic heterocycles. The standard InChI is InChI=1S/C16H22F3N3O2/c1-4-5-8-22(3)14(24)10-21(2)9-13(23)20-12-7-6-11(17)15(18)16(12)19/h6-7H,4-5,8-10H2,1-3H3,(H,20,23)/p+1. The topological polar surface area (TPSA) is 53.9 Å². The Balaban J connectivity index is 2.53. The maximum Gasteiger partial charge on any atom is 0.279 e. The summed E-state index contributed by atoms with van der Waals surface area (Å²) in [6.07, 6.45) is 1.87. The molecule has 1 unspecified atom stereocenters. The Hall–Kier alpha value is -2.09. The predicted octanol–water partition coefficient (Wildman–Crippen LogP) is 0.816. The highest BCUT2D eigenvalue weighted by molar-refractivity contribution is 5.91. The number of halogens is 3.